The molecule has 2 aromatic heterocycles. The van der Waals surface area contributed by atoms with Crippen molar-refractivity contribution in [2.45, 2.75) is 25.8 Å². The van der Waals surface area contributed by atoms with Crippen molar-refractivity contribution in [2.24, 2.45) is 0 Å². The van der Waals surface area contributed by atoms with Gasteiger partial charge in [-0.25, -0.2) is 9.78 Å². The van der Waals surface area contributed by atoms with Gasteiger partial charge < -0.3 is 20.2 Å². The molecule has 0 aliphatic heterocycles. The third-order valence-electron chi connectivity index (χ3n) is 3.84. The maximum absolute atomic E-state index is 12.1. The second kappa shape index (κ2) is 7.76. The molecular weight excluding hydrogens is 320 g/mol. The second-order valence-electron chi connectivity index (χ2n) is 5.63. The summed E-state index contributed by atoms with van der Waals surface area (Å²) < 4.78 is 5.74. The molecule has 3 aromatic rings. The molecule has 7 heteroatoms. The van der Waals surface area contributed by atoms with Gasteiger partial charge in [-0.2, -0.15) is 0 Å². The van der Waals surface area contributed by atoms with Gasteiger partial charge in [0.05, 0.1) is 0 Å². The van der Waals surface area contributed by atoms with Crippen LogP contribution in [0.5, 0.6) is 0 Å². The van der Waals surface area contributed by atoms with Crippen LogP contribution in [0.4, 0.5) is 10.5 Å². The van der Waals surface area contributed by atoms with E-state index in [1.54, 1.807) is 24.4 Å². The van der Waals surface area contributed by atoms with Crippen molar-refractivity contribution in [1.82, 2.24) is 15.3 Å². The van der Waals surface area contributed by atoms with E-state index >= 15 is 0 Å². The first-order valence-electron chi connectivity index (χ1n) is 8.20. The summed E-state index contributed by atoms with van der Waals surface area (Å²) in [6, 6.07) is 10.4. The fraction of sp³-hybridized carbons (Fsp3) is 0.278. The third kappa shape index (κ3) is 4.13. The number of aromatic nitrogens is 2. The lowest BCUT2D eigenvalue weighted by Gasteiger charge is -2.16. The predicted molar refractivity (Wildman–Crippen MR) is 95.2 cm³/mol. The van der Waals surface area contributed by atoms with Crippen molar-refractivity contribution in [3.05, 3.63) is 42.6 Å². The molecule has 2 amide bonds. The van der Waals surface area contributed by atoms with Crippen LogP contribution in [0.15, 0.2) is 47.0 Å². The van der Waals surface area contributed by atoms with Crippen molar-refractivity contribution >= 4 is 22.8 Å². The van der Waals surface area contributed by atoms with Crippen molar-refractivity contribution in [2.75, 3.05) is 11.9 Å². The number of hydrogen-bond acceptors (Lipinski definition) is 5. The minimum atomic E-state index is -0.316. The molecule has 3 rings (SSSR count). The van der Waals surface area contributed by atoms with E-state index in [2.05, 4.69) is 20.6 Å². The number of oxazole rings is 1. The van der Waals surface area contributed by atoms with Gasteiger partial charge in [-0.05, 0) is 37.1 Å². The lowest BCUT2D eigenvalue weighted by atomic mass is 10.2. The largest absolute Gasteiger partial charge is 0.435 e. The first-order valence-corrected chi connectivity index (χ1v) is 8.20. The Hall–Kier alpha value is -2.93. The number of benzene rings is 1. The number of rotatable bonds is 6. The van der Waals surface area contributed by atoms with Crippen LogP contribution in [0, 0.1) is 0 Å². The monoisotopic (exact) mass is 340 g/mol. The number of nitrogens with zero attached hydrogens (tertiary/aromatic N) is 2. The average Bonchev–Trinajstić information content (AvgIpc) is 3.05. The number of nitrogens with one attached hydrogen (secondary N) is 2. The van der Waals surface area contributed by atoms with E-state index in [0.717, 1.165) is 6.42 Å². The van der Waals surface area contributed by atoms with Gasteiger partial charge in [0.15, 0.2) is 5.58 Å². The molecule has 0 aliphatic rings. The topological polar surface area (TPSA) is 100 Å². The zero-order valence-corrected chi connectivity index (χ0v) is 13.9. The fourth-order valence-corrected chi connectivity index (χ4v) is 2.49. The molecule has 0 spiro atoms. The van der Waals surface area contributed by atoms with Gasteiger partial charge >= 0.3 is 6.03 Å². The van der Waals surface area contributed by atoms with Gasteiger partial charge in [0, 0.05) is 30.6 Å². The molecule has 1 unspecified atom stereocenters. The van der Waals surface area contributed by atoms with Crippen LogP contribution in [0.3, 0.4) is 0 Å². The van der Waals surface area contributed by atoms with Crippen LogP contribution in [-0.4, -0.2) is 33.8 Å². The molecule has 130 valence electrons. The van der Waals surface area contributed by atoms with Gasteiger partial charge in [-0.1, -0.05) is 13.0 Å². The maximum atomic E-state index is 12.1. The number of pyridine rings is 1. The summed E-state index contributed by atoms with van der Waals surface area (Å²) in [6.07, 6.45) is 2.96. The van der Waals surface area contributed by atoms with E-state index in [1.807, 2.05) is 25.1 Å². The lowest BCUT2D eigenvalue weighted by molar-refractivity contribution is 0.237. The highest BCUT2D eigenvalue weighted by molar-refractivity contribution is 5.92. The second-order valence-corrected chi connectivity index (χ2v) is 5.63. The number of carbonyl (C=O) groups excluding carboxylic acids is 1. The lowest BCUT2D eigenvalue weighted by Crippen LogP contribution is -2.38. The number of carbonyl (C=O) groups is 1. The van der Waals surface area contributed by atoms with Crippen LogP contribution in [0.25, 0.3) is 22.7 Å². The Balaban J connectivity index is 1.74. The van der Waals surface area contributed by atoms with Gasteiger partial charge in [0.25, 0.3) is 0 Å². The molecule has 0 radical (unpaired) electrons. The Bertz CT molecular complexity index is 848. The van der Waals surface area contributed by atoms with Crippen LogP contribution in [-0.2, 0) is 0 Å². The molecule has 3 N–H and O–H groups in total. The quantitative estimate of drug-likeness (QED) is 0.640. The van der Waals surface area contributed by atoms with Gasteiger partial charge in [0.1, 0.15) is 11.2 Å². The number of anilines is 1. The first kappa shape index (κ1) is 16.9. The number of hydrogen-bond donors (Lipinski definition) is 3. The summed E-state index contributed by atoms with van der Waals surface area (Å²) >= 11 is 0. The highest BCUT2D eigenvalue weighted by Crippen LogP contribution is 2.25. The van der Waals surface area contributed by atoms with E-state index < -0.39 is 0 Å². The number of fused-ring (bicyclic) bond motifs is 1. The van der Waals surface area contributed by atoms with Crippen molar-refractivity contribution in [1.29, 1.82) is 0 Å². The smallest absolute Gasteiger partial charge is 0.319 e. The average molecular weight is 340 g/mol. The van der Waals surface area contributed by atoms with Gasteiger partial charge in [0.2, 0.25) is 5.89 Å². The molecule has 0 saturated heterocycles. The Morgan fingerprint density at radius 1 is 1.32 bits per heavy atom. The summed E-state index contributed by atoms with van der Waals surface area (Å²) in [7, 11) is 0. The summed E-state index contributed by atoms with van der Waals surface area (Å²) in [4.78, 5) is 20.7. The van der Waals surface area contributed by atoms with Crippen molar-refractivity contribution < 1.29 is 14.3 Å². The molecule has 0 fully saturated rings. The van der Waals surface area contributed by atoms with E-state index in [9.17, 15) is 4.79 Å². The molecule has 0 bridgehead atoms. The first-order chi connectivity index (χ1) is 12.2. The molecule has 1 aromatic carbocycles. The maximum Gasteiger partial charge on any atom is 0.319 e. The molecule has 1 atom stereocenters. The fourth-order valence-electron chi connectivity index (χ4n) is 2.49. The van der Waals surface area contributed by atoms with Crippen LogP contribution in [0.1, 0.15) is 19.8 Å². The highest BCUT2D eigenvalue weighted by Gasteiger charge is 2.12. The van der Waals surface area contributed by atoms with Crippen LogP contribution >= 0.6 is 0 Å². The number of aliphatic hydroxyl groups excluding tert-OH is 1. The van der Waals surface area contributed by atoms with E-state index in [4.69, 9.17) is 9.52 Å². The zero-order chi connectivity index (χ0) is 17.6. The molecule has 0 aliphatic carbocycles. The molecule has 2 heterocycles. The normalized spacial score (nSPS) is 12.1. The van der Waals surface area contributed by atoms with Crippen LogP contribution < -0.4 is 10.6 Å². The molecular formula is C18H20N4O3. The number of urea groups is 1. The van der Waals surface area contributed by atoms with Crippen molar-refractivity contribution in [3.63, 3.8) is 0 Å². The minimum absolute atomic E-state index is 0.0408. The SMILES string of the molecule is CCC(CCO)NC(=O)Nc1ccc2nc(-c3ccccn3)oc2c1. The number of amides is 2. The third-order valence-corrected chi connectivity index (χ3v) is 3.84. The van der Waals surface area contributed by atoms with Crippen LogP contribution in [0.2, 0.25) is 0 Å². The summed E-state index contributed by atoms with van der Waals surface area (Å²) in [5.41, 5.74) is 2.52. The number of aliphatic hydroxyl groups is 1. The summed E-state index contributed by atoms with van der Waals surface area (Å²) in [5, 5.41) is 14.6. The van der Waals surface area contributed by atoms with Crippen molar-refractivity contribution in [3.8, 4) is 11.6 Å². The van der Waals surface area contributed by atoms with E-state index in [-0.39, 0.29) is 18.7 Å². The zero-order valence-electron chi connectivity index (χ0n) is 13.9. The van der Waals surface area contributed by atoms with E-state index in [1.165, 1.54) is 0 Å². The Morgan fingerprint density at radius 2 is 2.20 bits per heavy atom. The van der Waals surface area contributed by atoms with E-state index in [0.29, 0.717) is 34.8 Å². The molecule has 25 heavy (non-hydrogen) atoms. The Kier molecular flexibility index (Phi) is 5.25. The minimum Gasteiger partial charge on any atom is -0.435 e. The molecule has 7 nitrogen and oxygen atoms in total. The Labute approximate surface area is 145 Å². The summed E-state index contributed by atoms with van der Waals surface area (Å²) in [6.45, 7) is 2.00. The highest BCUT2D eigenvalue weighted by atomic mass is 16.3. The van der Waals surface area contributed by atoms with Gasteiger partial charge in [-0.3, -0.25) is 4.98 Å². The Morgan fingerprint density at radius 3 is 2.92 bits per heavy atom. The van der Waals surface area contributed by atoms with Gasteiger partial charge in [-0.15, -0.1) is 0 Å². The predicted octanol–water partition coefficient (Wildman–Crippen LogP) is 3.17. The summed E-state index contributed by atoms with van der Waals surface area (Å²) in [5.74, 6) is 0.436. The standard InChI is InChI=1S/C18H20N4O3/c1-2-12(8-10-23)20-18(24)21-13-6-7-14-16(11-13)25-17(22-14)15-5-3-4-9-19-15/h3-7,9,11-12,23H,2,8,10H2,1H3,(H2,20,21,24). The molecule has 0 saturated carbocycles.